The van der Waals surface area contributed by atoms with Crippen LogP contribution in [0.5, 0.6) is 0 Å². The molecule has 23 heavy (non-hydrogen) atoms. The number of nitrogen functional groups attached to an aromatic ring is 1. The summed E-state index contributed by atoms with van der Waals surface area (Å²) in [6.45, 7) is 5.85. The summed E-state index contributed by atoms with van der Waals surface area (Å²) in [6, 6.07) is 0.233. The SMILES string of the molecule is [3H]c1cn(C2OC([CH2-])C(OC)[C@@]2(C)OC)c2ncnc(N)c12.[W].[Y]. The van der Waals surface area contributed by atoms with Crippen LogP contribution in [-0.2, 0) is 68.0 Å². The summed E-state index contributed by atoms with van der Waals surface area (Å²) in [5, 5.41) is 0.492. The number of ether oxygens (including phenoxy) is 3. The molecule has 0 amide bonds. The summed E-state index contributed by atoms with van der Waals surface area (Å²) < 4.78 is 26.9. The van der Waals surface area contributed by atoms with Crippen LogP contribution in [0.25, 0.3) is 11.0 Å². The van der Waals surface area contributed by atoms with Crippen molar-refractivity contribution in [2.24, 2.45) is 0 Å². The Morgan fingerprint density at radius 2 is 2.17 bits per heavy atom. The van der Waals surface area contributed by atoms with Crippen LogP contribution >= 0.6 is 0 Å². The van der Waals surface area contributed by atoms with Gasteiger partial charge in [0.25, 0.3) is 0 Å². The van der Waals surface area contributed by atoms with Gasteiger partial charge in [0, 0.05) is 74.2 Å². The number of nitrogens with two attached hydrogens (primary N) is 1. The van der Waals surface area contributed by atoms with Crippen LogP contribution in [0.4, 0.5) is 5.82 Å². The van der Waals surface area contributed by atoms with E-state index in [1.165, 1.54) is 6.33 Å². The van der Waals surface area contributed by atoms with Gasteiger partial charge in [0.05, 0.1) is 12.9 Å². The normalized spacial score (nSPS) is 30.6. The first-order chi connectivity index (χ1) is 10.4. The number of hydrogen-bond donors (Lipinski definition) is 1. The molecule has 123 valence electrons. The Kier molecular flexibility index (Phi) is 6.74. The van der Waals surface area contributed by atoms with E-state index in [0.29, 0.717) is 11.0 Å². The smallest absolute Gasteiger partial charge is 0.163 e. The van der Waals surface area contributed by atoms with Gasteiger partial charge in [-0.1, -0.05) is 0 Å². The summed E-state index contributed by atoms with van der Waals surface area (Å²) in [4.78, 5) is 8.17. The van der Waals surface area contributed by atoms with E-state index >= 15 is 0 Å². The van der Waals surface area contributed by atoms with Crippen LogP contribution < -0.4 is 5.73 Å². The molecule has 3 heterocycles. The maximum atomic E-state index is 8.10. The van der Waals surface area contributed by atoms with E-state index in [9.17, 15) is 0 Å². The number of methoxy groups -OCH3 is 2. The second kappa shape index (κ2) is 7.98. The van der Waals surface area contributed by atoms with Gasteiger partial charge in [0.1, 0.15) is 23.4 Å². The van der Waals surface area contributed by atoms with Crippen molar-refractivity contribution in [2.75, 3.05) is 20.0 Å². The zero-order valence-corrected chi connectivity index (χ0v) is 19.0. The van der Waals surface area contributed by atoms with E-state index < -0.39 is 17.9 Å². The Morgan fingerprint density at radius 1 is 1.48 bits per heavy atom. The molecule has 4 atom stereocenters. The van der Waals surface area contributed by atoms with Gasteiger partial charge in [0.2, 0.25) is 0 Å². The molecule has 1 radical (unpaired) electrons. The maximum absolute atomic E-state index is 8.10. The predicted molar refractivity (Wildman–Crippen MR) is 77.4 cm³/mol. The molecule has 1 aliphatic rings. The molecule has 3 unspecified atom stereocenters. The number of hydrogen-bond acceptors (Lipinski definition) is 6. The Balaban J connectivity index is 0.00000144. The summed E-state index contributed by atoms with van der Waals surface area (Å²) in [6.07, 6.45) is 1.67. The Bertz CT molecular complexity index is 719. The Hall–Kier alpha value is 0.0922. The summed E-state index contributed by atoms with van der Waals surface area (Å²) >= 11 is 0. The minimum Gasteiger partial charge on any atom is -0.383 e. The molecule has 2 N–H and O–H groups in total. The molecule has 0 saturated carbocycles. The number of rotatable bonds is 3. The molecule has 0 bridgehead atoms. The minimum absolute atomic E-state index is 0. The molecule has 9 heteroatoms. The molecule has 1 fully saturated rings. The summed E-state index contributed by atoms with van der Waals surface area (Å²) in [7, 11) is 3.19. The van der Waals surface area contributed by atoms with Gasteiger partial charge in [-0.05, 0) is 19.1 Å². The van der Waals surface area contributed by atoms with E-state index in [1.54, 1.807) is 25.0 Å². The van der Waals surface area contributed by atoms with E-state index in [4.69, 9.17) is 21.3 Å². The van der Waals surface area contributed by atoms with Gasteiger partial charge in [-0.3, -0.25) is 0 Å². The zero-order chi connectivity index (χ0) is 16.1. The maximum Gasteiger partial charge on any atom is 0.163 e. The van der Waals surface area contributed by atoms with Crippen molar-refractivity contribution in [3.8, 4) is 0 Å². The second-order valence-corrected chi connectivity index (χ2v) is 5.21. The first kappa shape index (κ1) is 19.4. The van der Waals surface area contributed by atoms with Gasteiger partial charge in [0.15, 0.2) is 6.23 Å². The molecular formula is C14H19N4O3WY-. The van der Waals surface area contributed by atoms with Crippen LogP contribution in [0.3, 0.4) is 0 Å². The number of aromatic nitrogens is 3. The zero-order valence-electron chi connectivity index (χ0n) is 14.2. The molecule has 0 spiro atoms. The molecule has 3 rings (SSSR count). The molecule has 2 aromatic rings. The van der Waals surface area contributed by atoms with Crippen molar-refractivity contribution in [3.05, 3.63) is 25.5 Å². The van der Waals surface area contributed by atoms with Crippen LogP contribution in [0.15, 0.2) is 18.6 Å². The molecule has 2 aromatic heterocycles. The summed E-state index contributed by atoms with van der Waals surface area (Å²) in [5.74, 6) is 0.264. The fraction of sp³-hybridized carbons (Fsp3) is 0.500. The quantitative estimate of drug-likeness (QED) is 0.563. The number of fused-ring (bicyclic) bond motifs is 1. The van der Waals surface area contributed by atoms with Crippen molar-refractivity contribution < 1.29 is 69.4 Å². The Morgan fingerprint density at radius 3 is 2.78 bits per heavy atom. The van der Waals surface area contributed by atoms with Crippen LogP contribution in [0.1, 0.15) is 14.5 Å². The summed E-state index contributed by atoms with van der Waals surface area (Å²) in [5.41, 5.74) is 5.60. The van der Waals surface area contributed by atoms with Crippen LogP contribution in [0, 0.1) is 6.92 Å². The minimum atomic E-state index is -0.779. The van der Waals surface area contributed by atoms with Gasteiger partial charge >= 0.3 is 0 Å². The second-order valence-electron chi connectivity index (χ2n) is 5.21. The van der Waals surface area contributed by atoms with E-state index in [-0.39, 0.29) is 71.7 Å². The topological polar surface area (TPSA) is 84.4 Å². The first-order valence-corrected chi connectivity index (χ1v) is 6.58. The van der Waals surface area contributed by atoms with Gasteiger partial charge in [-0.2, -0.15) is 0 Å². The van der Waals surface area contributed by atoms with E-state index in [0.717, 1.165) is 0 Å². The number of anilines is 1. The van der Waals surface area contributed by atoms with Crippen LogP contribution in [0.2, 0.25) is 0 Å². The molecule has 7 nitrogen and oxygen atoms in total. The molecule has 1 saturated heterocycles. The standard InChI is InChI=1S/C14H19N4O3.W.Y/c1-8-10(19-3)14(2,20-4)13(21-8)18-6-5-9-11(15)16-7-17-12(9)18;;/h5-8,10,13H,1H2,2-4H3,(H2,15,16,17);;/q-1;;/t8?,10?,13?,14-;;/m1../s1/i5T;;. The van der Waals surface area contributed by atoms with Crippen molar-refractivity contribution in [3.63, 3.8) is 0 Å². The molecule has 0 aromatic carbocycles. The van der Waals surface area contributed by atoms with Gasteiger partial charge < -0.3 is 31.4 Å². The van der Waals surface area contributed by atoms with Gasteiger partial charge in [-0.15, -0.1) is 0 Å². The average molecular weight is 566 g/mol. The molecule has 0 aliphatic carbocycles. The third kappa shape index (κ3) is 3.29. The third-order valence-electron chi connectivity index (χ3n) is 4.09. The third-order valence-corrected chi connectivity index (χ3v) is 4.09. The van der Waals surface area contributed by atoms with E-state index in [1.807, 2.05) is 6.92 Å². The van der Waals surface area contributed by atoms with Crippen molar-refractivity contribution >= 4 is 16.9 Å². The largest absolute Gasteiger partial charge is 0.383 e. The molecular weight excluding hydrogens is 545 g/mol. The van der Waals surface area contributed by atoms with Crippen molar-refractivity contribution in [1.29, 1.82) is 0 Å². The van der Waals surface area contributed by atoms with E-state index in [2.05, 4.69) is 16.9 Å². The van der Waals surface area contributed by atoms with Crippen molar-refractivity contribution in [2.45, 2.75) is 31.0 Å². The molecule has 1 aliphatic heterocycles. The van der Waals surface area contributed by atoms with Gasteiger partial charge in [-0.25, -0.2) is 9.97 Å². The van der Waals surface area contributed by atoms with Crippen LogP contribution in [-0.4, -0.2) is 46.6 Å². The fourth-order valence-electron chi connectivity index (χ4n) is 2.92. The van der Waals surface area contributed by atoms with Crippen molar-refractivity contribution in [1.82, 2.24) is 14.5 Å². The predicted octanol–water partition coefficient (Wildman–Crippen LogP) is 1.16. The fourth-order valence-corrected chi connectivity index (χ4v) is 2.92. The first-order valence-electron chi connectivity index (χ1n) is 7.08. The monoisotopic (exact) mass is 566 g/mol. The average Bonchev–Trinajstić information content (AvgIpc) is 2.95. The Labute approximate surface area is 176 Å². The number of nitrogens with zero attached hydrogens (tertiary/aromatic N) is 3.